The summed E-state index contributed by atoms with van der Waals surface area (Å²) in [6.07, 6.45) is -4.30. The summed E-state index contributed by atoms with van der Waals surface area (Å²) in [5.41, 5.74) is 0.647. The van der Waals surface area contributed by atoms with Crippen LogP contribution in [0.2, 0.25) is 0 Å². The quantitative estimate of drug-likeness (QED) is 0.739. The van der Waals surface area contributed by atoms with Gasteiger partial charge < -0.3 is 14.8 Å². The maximum Gasteiger partial charge on any atom is 0.416 e. The van der Waals surface area contributed by atoms with Crippen LogP contribution in [-0.2, 0) is 15.8 Å². The summed E-state index contributed by atoms with van der Waals surface area (Å²) in [4.78, 5) is 25.6. The number of halogens is 3. The zero-order chi connectivity index (χ0) is 23.0. The third-order valence-electron chi connectivity index (χ3n) is 6.06. The van der Waals surface area contributed by atoms with Gasteiger partial charge in [-0.15, -0.1) is 0 Å². The van der Waals surface area contributed by atoms with E-state index in [-0.39, 0.29) is 35.7 Å². The minimum Gasteiger partial charge on any atom is -0.493 e. The number of allylic oxidation sites excluding steroid dienone is 2. The molecule has 1 aliphatic heterocycles. The molecular weight excluding hydrogens is 423 g/mol. The number of rotatable bonds is 4. The van der Waals surface area contributed by atoms with E-state index in [0.717, 1.165) is 11.6 Å². The van der Waals surface area contributed by atoms with Crippen molar-refractivity contribution in [3.8, 4) is 11.5 Å². The molecule has 1 heterocycles. The van der Waals surface area contributed by atoms with Crippen LogP contribution in [0.25, 0.3) is 0 Å². The molecule has 0 saturated carbocycles. The van der Waals surface area contributed by atoms with Gasteiger partial charge >= 0.3 is 6.18 Å². The number of hydrogen-bond acceptors (Lipinski definition) is 4. The number of hydrogen-bond donors (Lipinski definition) is 1. The van der Waals surface area contributed by atoms with Crippen molar-refractivity contribution in [1.82, 2.24) is 5.32 Å². The summed E-state index contributed by atoms with van der Waals surface area (Å²) in [5.74, 6) is -0.747. The molecular formula is C24H22F3NO4. The Morgan fingerprint density at radius 3 is 2.34 bits per heavy atom. The molecule has 32 heavy (non-hydrogen) atoms. The Kier molecular flexibility index (Phi) is 5.71. The maximum atomic E-state index is 13.6. The van der Waals surface area contributed by atoms with E-state index >= 15 is 0 Å². The first-order valence-electron chi connectivity index (χ1n) is 10.2. The number of ether oxygens (including phenoxy) is 2. The number of carbonyl (C=O) groups excluding carboxylic acids is 2. The SMILES string of the molecule is COc1ccc(C2CC(=O)C3=C(C2)NC(=O)CC3c2ccccc2C(F)(F)F)cc1OC. The second-order valence-corrected chi connectivity index (χ2v) is 7.92. The lowest BCUT2D eigenvalue weighted by Gasteiger charge is -2.35. The van der Waals surface area contributed by atoms with Gasteiger partial charge in [0.2, 0.25) is 5.91 Å². The van der Waals surface area contributed by atoms with Crippen molar-refractivity contribution in [2.24, 2.45) is 0 Å². The highest BCUT2D eigenvalue weighted by Gasteiger charge is 2.42. The number of nitrogens with one attached hydrogen (secondary N) is 1. The highest BCUT2D eigenvalue weighted by Crippen LogP contribution is 2.46. The standard InChI is InChI=1S/C24H22F3NO4/c1-31-20-8-7-13(11-21(20)32-2)14-9-18-23(19(29)10-14)16(12-22(30)28-18)15-5-3-4-6-17(15)24(25,26)27/h3-8,11,14,16H,9-10,12H2,1-2H3,(H,28,30). The first-order chi connectivity index (χ1) is 15.2. The van der Waals surface area contributed by atoms with E-state index in [2.05, 4.69) is 5.32 Å². The van der Waals surface area contributed by atoms with Gasteiger partial charge in [-0.1, -0.05) is 24.3 Å². The number of alkyl halides is 3. The van der Waals surface area contributed by atoms with Gasteiger partial charge in [0.15, 0.2) is 17.3 Å². The molecule has 8 heteroatoms. The molecule has 0 spiro atoms. The summed E-state index contributed by atoms with van der Waals surface area (Å²) in [6.45, 7) is 0. The van der Waals surface area contributed by atoms with Crippen LogP contribution < -0.4 is 14.8 Å². The van der Waals surface area contributed by atoms with Crippen LogP contribution in [-0.4, -0.2) is 25.9 Å². The smallest absolute Gasteiger partial charge is 0.416 e. The Bertz CT molecular complexity index is 1110. The molecule has 1 amide bonds. The maximum absolute atomic E-state index is 13.6. The molecule has 0 radical (unpaired) electrons. The Hall–Kier alpha value is -3.29. The largest absolute Gasteiger partial charge is 0.493 e. The third kappa shape index (κ3) is 3.97. The zero-order valence-electron chi connectivity index (χ0n) is 17.6. The first-order valence-corrected chi connectivity index (χ1v) is 10.2. The lowest BCUT2D eigenvalue weighted by Crippen LogP contribution is -2.38. The highest BCUT2D eigenvalue weighted by atomic mass is 19.4. The van der Waals surface area contributed by atoms with E-state index in [9.17, 15) is 22.8 Å². The lowest BCUT2D eigenvalue weighted by atomic mass is 9.72. The number of amides is 1. The van der Waals surface area contributed by atoms with Gasteiger partial charge in [-0.05, 0) is 41.7 Å². The minimum atomic E-state index is -4.58. The molecule has 0 saturated heterocycles. The molecule has 168 valence electrons. The van der Waals surface area contributed by atoms with Gasteiger partial charge in [0.05, 0.1) is 19.8 Å². The molecule has 2 atom stereocenters. The van der Waals surface area contributed by atoms with E-state index in [4.69, 9.17) is 9.47 Å². The second kappa shape index (κ2) is 8.33. The number of benzene rings is 2. The number of Topliss-reactive ketones (excluding diaryl/α,β-unsaturated/α-hetero) is 1. The summed E-state index contributed by atoms with van der Waals surface area (Å²) in [6, 6.07) is 10.5. The summed E-state index contributed by atoms with van der Waals surface area (Å²) >= 11 is 0. The Morgan fingerprint density at radius 1 is 0.938 bits per heavy atom. The van der Waals surface area contributed by atoms with Crippen molar-refractivity contribution in [2.75, 3.05) is 14.2 Å². The van der Waals surface area contributed by atoms with Crippen molar-refractivity contribution in [3.05, 3.63) is 70.4 Å². The molecule has 2 aliphatic rings. The zero-order valence-corrected chi connectivity index (χ0v) is 17.6. The van der Waals surface area contributed by atoms with Gasteiger partial charge in [-0.3, -0.25) is 9.59 Å². The third-order valence-corrected chi connectivity index (χ3v) is 6.06. The van der Waals surface area contributed by atoms with Gasteiger partial charge in [0.1, 0.15) is 0 Å². The average Bonchev–Trinajstić information content (AvgIpc) is 2.77. The van der Waals surface area contributed by atoms with E-state index in [1.54, 1.807) is 12.1 Å². The molecule has 1 N–H and O–H groups in total. The van der Waals surface area contributed by atoms with Crippen LogP contribution in [0, 0.1) is 0 Å². The predicted octanol–water partition coefficient (Wildman–Crippen LogP) is 4.73. The molecule has 0 fully saturated rings. The summed E-state index contributed by atoms with van der Waals surface area (Å²) in [5, 5.41) is 2.74. The van der Waals surface area contributed by atoms with Gasteiger partial charge in [0, 0.05) is 30.0 Å². The molecule has 2 unspecified atom stereocenters. The van der Waals surface area contributed by atoms with Gasteiger partial charge in [-0.25, -0.2) is 0 Å². The van der Waals surface area contributed by atoms with Crippen LogP contribution in [0.4, 0.5) is 13.2 Å². The Labute approximate surface area is 183 Å². The van der Waals surface area contributed by atoms with Gasteiger partial charge in [-0.2, -0.15) is 13.2 Å². The minimum absolute atomic E-state index is 0.0414. The Balaban J connectivity index is 1.74. The van der Waals surface area contributed by atoms with Crippen LogP contribution in [0.3, 0.4) is 0 Å². The van der Waals surface area contributed by atoms with Crippen LogP contribution >= 0.6 is 0 Å². The van der Waals surface area contributed by atoms with Crippen molar-refractivity contribution >= 4 is 11.7 Å². The topological polar surface area (TPSA) is 64.6 Å². The molecule has 5 nitrogen and oxygen atoms in total. The van der Waals surface area contributed by atoms with Crippen LogP contribution in [0.15, 0.2) is 53.7 Å². The monoisotopic (exact) mass is 445 g/mol. The predicted molar refractivity (Wildman–Crippen MR) is 110 cm³/mol. The molecule has 0 bridgehead atoms. The van der Waals surface area contributed by atoms with Crippen molar-refractivity contribution in [2.45, 2.75) is 37.3 Å². The summed E-state index contributed by atoms with van der Waals surface area (Å²) < 4.78 is 51.4. The fourth-order valence-electron chi connectivity index (χ4n) is 4.63. The van der Waals surface area contributed by atoms with Crippen LogP contribution in [0.1, 0.15) is 47.8 Å². The fourth-order valence-corrected chi connectivity index (χ4v) is 4.63. The normalized spacial score (nSPS) is 21.2. The van der Waals surface area contributed by atoms with E-state index in [1.807, 2.05) is 6.07 Å². The van der Waals surface area contributed by atoms with Crippen molar-refractivity contribution < 1.29 is 32.2 Å². The molecule has 0 aromatic heterocycles. The number of methoxy groups -OCH3 is 2. The Morgan fingerprint density at radius 2 is 1.66 bits per heavy atom. The first kappa shape index (κ1) is 21.9. The molecule has 2 aromatic rings. The van der Waals surface area contributed by atoms with E-state index in [1.165, 1.54) is 32.4 Å². The van der Waals surface area contributed by atoms with Crippen molar-refractivity contribution in [1.29, 1.82) is 0 Å². The summed E-state index contributed by atoms with van der Waals surface area (Å²) in [7, 11) is 3.04. The van der Waals surface area contributed by atoms with Crippen LogP contribution in [0.5, 0.6) is 11.5 Å². The van der Waals surface area contributed by atoms with Gasteiger partial charge in [0.25, 0.3) is 0 Å². The number of carbonyl (C=O) groups is 2. The average molecular weight is 445 g/mol. The van der Waals surface area contributed by atoms with Crippen molar-refractivity contribution in [3.63, 3.8) is 0 Å². The number of ketones is 1. The fraction of sp³-hybridized carbons (Fsp3) is 0.333. The lowest BCUT2D eigenvalue weighted by molar-refractivity contribution is -0.138. The highest BCUT2D eigenvalue weighted by molar-refractivity contribution is 6.02. The molecule has 4 rings (SSSR count). The van der Waals surface area contributed by atoms with E-state index < -0.39 is 23.6 Å². The van der Waals surface area contributed by atoms with E-state index in [0.29, 0.717) is 23.6 Å². The molecule has 2 aromatic carbocycles. The second-order valence-electron chi connectivity index (χ2n) is 7.92. The molecule has 1 aliphatic carbocycles.